The van der Waals surface area contributed by atoms with E-state index in [9.17, 15) is 15.2 Å². The molecule has 0 fully saturated rings. The Hall–Kier alpha value is -6.38. The van der Waals surface area contributed by atoms with Gasteiger partial charge in [-0.1, -0.05) is 107 Å². The number of carboxylic acids is 1. The van der Waals surface area contributed by atoms with Crippen LogP contribution in [0.4, 0.5) is 17.1 Å². The van der Waals surface area contributed by atoms with Crippen molar-refractivity contribution in [1.29, 1.82) is 5.26 Å². The van der Waals surface area contributed by atoms with Crippen molar-refractivity contribution in [2.45, 2.75) is 45.4 Å². The monoisotopic (exact) mass is 678 g/mol. The molecule has 0 saturated heterocycles. The van der Waals surface area contributed by atoms with Crippen LogP contribution in [0.2, 0.25) is 0 Å². The maximum absolute atomic E-state index is 11.6. The van der Waals surface area contributed by atoms with Crippen molar-refractivity contribution in [1.82, 2.24) is 0 Å². The summed E-state index contributed by atoms with van der Waals surface area (Å²) >= 11 is 0. The summed E-state index contributed by atoms with van der Waals surface area (Å²) in [5, 5.41) is 18.8. The molecule has 0 atom stereocenters. The lowest BCUT2D eigenvalue weighted by molar-refractivity contribution is -0.132. The molecule has 5 heteroatoms. The number of ether oxygens (including phenoxy) is 1. The normalized spacial score (nSPS) is 16.8. The van der Waals surface area contributed by atoms with Crippen LogP contribution >= 0.6 is 0 Å². The van der Waals surface area contributed by atoms with Crippen molar-refractivity contribution < 1.29 is 14.6 Å². The third-order valence-corrected chi connectivity index (χ3v) is 10.8. The maximum Gasteiger partial charge on any atom is 0.347 e. The Morgan fingerprint density at radius 1 is 0.673 bits per heavy atom. The number of carboxylic acid groups (broad SMARTS) is 1. The molecule has 0 aromatic heterocycles. The van der Waals surface area contributed by atoms with Crippen molar-refractivity contribution in [3.63, 3.8) is 0 Å². The highest BCUT2D eigenvalue weighted by Crippen LogP contribution is 2.53. The summed E-state index contributed by atoms with van der Waals surface area (Å²) < 4.78 is 5.83. The van der Waals surface area contributed by atoms with E-state index in [2.05, 4.69) is 142 Å². The fourth-order valence-corrected chi connectivity index (χ4v) is 8.14. The van der Waals surface area contributed by atoms with Gasteiger partial charge in [0, 0.05) is 33.5 Å². The van der Waals surface area contributed by atoms with Gasteiger partial charge in [0.1, 0.15) is 23.2 Å². The molecule has 8 rings (SSSR count). The summed E-state index contributed by atoms with van der Waals surface area (Å²) in [7, 11) is 0. The predicted octanol–water partition coefficient (Wildman–Crippen LogP) is 11.5. The Morgan fingerprint density at radius 3 is 1.69 bits per heavy atom. The number of hydrogen-bond donors (Lipinski definition) is 1. The van der Waals surface area contributed by atoms with E-state index in [4.69, 9.17) is 4.74 Å². The lowest BCUT2D eigenvalue weighted by Crippen LogP contribution is -2.18. The van der Waals surface area contributed by atoms with Crippen LogP contribution < -0.4 is 4.90 Å². The lowest BCUT2D eigenvalue weighted by atomic mass is 9.82. The van der Waals surface area contributed by atoms with Crippen LogP contribution in [0.15, 0.2) is 150 Å². The standard InChI is InChI=1S/C47H38N2O3/c1-29-24-31(40(28-48)45(50)51)25-35(52-29)21-16-30-14-17-32(18-15-30)49(33-19-22-38-36-10-6-8-12-41(36)46(2,3)43(38)26-33)34-20-23-39-37-11-7-9-13-42(37)47(4,5)44(39)27-34/h6-27H,1-5H3,(H,50,51)/b21-16+,40-31+. The number of carbonyl (C=O) groups is 1. The molecule has 52 heavy (non-hydrogen) atoms. The second-order valence-corrected chi connectivity index (χ2v) is 14.7. The van der Waals surface area contributed by atoms with Crippen LogP contribution in [-0.4, -0.2) is 11.1 Å². The average molecular weight is 679 g/mol. The fraction of sp³-hybridized carbons (Fsp3) is 0.149. The zero-order valence-corrected chi connectivity index (χ0v) is 29.9. The van der Waals surface area contributed by atoms with Crippen molar-refractivity contribution in [2.75, 3.05) is 4.90 Å². The van der Waals surface area contributed by atoms with E-state index in [0.717, 1.165) is 22.6 Å². The first-order valence-electron chi connectivity index (χ1n) is 17.5. The Balaban J connectivity index is 1.20. The summed E-state index contributed by atoms with van der Waals surface area (Å²) in [6, 6.07) is 41.4. The first-order chi connectivity index (χ1) is 25.0. The quantitative estimate of drug-likeness (QED) is 0.143. The SMILES string of the molecule is CC1=C/C(=C(/C#N)C(=O)O)C=C(/C=C/c2ccc(N(c3ccc4c(c3)C(C)(C)c3ccccc3-4)c3ccc4c(c3)C(C)(C)c3ccccc3-4)cc2)O1. The number of benzene rings is 5. The number of aliphatic carboxylic acids is 1. The molecule has 1 aliphatic heterocycles. The van der Waals surface area contributed by atoms with Gasteiger partial charge < -0.3 is 14.7 Å². The number of fused-ring (bicyclic) bond motifs is 6. The number of anilines is 3. The molecule has 3 aliphatic rings. The molecule has 0 unspecified atom stereocenters. The molecule has 0 spiro atoms. The van der Waals surface area contributed by atoms with Gasteiger partial charge in [-0.3, -0.25) is 0 Å². The number of rotatable bonds is 6. The van der Waals surface area contributed by atoms with Crippen molar-refractivity contribution in [2.24, 2.45) is 0 Å². The van der Waals surface area contributed by atoms with Gasteiger partial charge in [0.15, 0.2) is 0 Å². The van der Waals surface area contributed by atoms with E-state index < -0.39 is 5.97 Å². The highest BCUT2D eigenvalue weighted by Gasteiger charge is 2.37. The molecule has 5 aromatic rings. The number of allylic oxidation sites excluding steroid dienone is 5. The Bertz CT molecular complexity index is 2380. The van der Waals surface area contributed by atoms with Gasteiger partial charge in [-0.25, -0.2) is 4.79 Å². The molecule has 0 amide bonds. The second-order valence-electron chi connectivity index (χ2n) is 14.7. The van der Waals surface area contributed by atoms with Crippen LogP contribution in [0.1, 0.15) is 62.4 Å². The highest BCUT2D eigenvalue weighted by molar-refractivity contribution is 5.93. The third-order valence-electron chi connectivity index (χ3n) is 10.8. The Labute approximate surface area is 304 Å². The van der Waals surface area contributed by atoms with Crippen molar-refractivity contribution in [3.8, 4) is 28.3 Å². The van der Waals surface area contributed by atoms with Gasteiger partial charge in [0.2, 0.25) is 0 Å². The van der Waals surface area contributed by atoms with Crippen LogP contribution in [0.5, 0.6) is 0 Å². The molecule has 1 N–H and O–H groups in total. The van der Waals surface area contributed by atoms with Gasteiger partial charge in [-0.2, -0.15) is 5.26 Å². The van der Waals surface area contributed by atoms with E-state index in [1.54, 1.807) is 31.2 Å². The first-order valence-corrected chi connectivity index (χ1v) is 17.5. The Morgan fingerprint density at radius 2 is 1.17 bits per heavy atom. The van der Waals surface area contributed by atoms with Crippen molar-refractivity contribution >= 4 is 29.1 Å². The fourth-order valence-electron chi connectivity index (χ4n) is 8.14. The predicted molar refractivity (Wildman–Crippen MR) is 208 cm³/mol. The van der Waals surface area contributed by atoms with Crippen LogP contribution in [0.3, 0.4) is 0 Å². The second kappa shape index (κ2) is 12.1. The third kappa shape index (κ3) is 5.27. The minimum Gasteiger partial charge on any atom is -0.477 e. The molecule has 254 valence electrons. The Kier molecular flexibility index (Phi) is 7.66. The van der Waals surface area contributed by atoms with Gasteiger partial charge in [-0.05, 0) is 112 Å². The number of nitrogens with zero attached hydrogens (tertiary/aromatic N) is 2. The molecule has 5 nitrogen and oxygen atoms in total. The van der Waals surface area contributed by atoms with Gasteiger partial charge >= 0.3 is 5.97 Å². The van der Waals surface area contributed by atoms with Crippen LogP contribution in [0.25, 0.3) is 28.3 Å². The smallest absolute Gasteiger partial charge is 0.347 e. The minimum absolute atomic E-state index is 0.138. The highest BCUT2D eigenvalue weighted by atomic mass is 16.5. The zero-order chi connectivity index (χ0) is 36.4. The summed E-state index contributed by atoms with van der Waals surface area (Å²) in [5.74, 6) is -0.298. The number of nitriles is 1. The van der Waals surface area contributed by atoms with Crippen LogP contribution in [-0.2, 0) is 20.4 Å². The van der Waals surface area contributed by atoms with E-state index in [1.165, 1.54) is 44.5 Å². The van der Waals surface area contributed by atoms with Crippen molar-refractivity contribution in [3.05, 3.63) is 178 Å². The molecular formula is C47H38N2O3. The first kappa shape index (κ1) is 32.8. The summed E-state index contributed by atoms with van der Waals surface area (Å²) in [6.07, 6.45) is 6.85. The minimum atomic E-state index is -1.27. The largest absolute Gasteiger partial charge is 0.477 e. The summed E-state index contributed by atoms with van der Waals surface area (Å²) in [4.78, 5) is 13.9. The maximum atomic E-state index is 11.6. The van der Waals surface area contributed by atoms with Gasteiger partial charge in [-0.15, -0.1) is 0 Å². The van der Waals surface area contributed by atoms with E-state index in [1.807, 2.05) is 6.08 Å². The van der Waals surface area contributed by atoms with Crippen LogP contribution in [0, 0.1) is 11.3 Å². The summed E-state index contributed by atoms with van der Waals surface area (Å²) in [6.45, 7) is 11.0. The molecule has 0 bridgehead atoms. The topological polar surface area (TPSA) is 73.6 Å². The van der Waals surface area contributed by atoms with E-state index in [0.29, 0.717) is 17.1 Å². The lowest BCUT2D eigenvalue weighted by Gasteiger charge is -2.29. The van der Waals surface area contributed by atoms with E-state index >= 15 is 0 Å². The average Bonchev–Trinajstić information content (AvgIpc) is 3.50. The molecule has 1 heterocycles. The zero-order valence-electron chi connectivity index (χ0n) is 29.9. The summed E-state index contributed by atoms with van der Waals surface area (Å²) in [5.41, 5.74) is 14.3. The van der Waals surface area contributed by atoms with Gasteiger partial charge in [0.25, 0.3) is 0 Å². The van der Waals surface area contributed by atoms with E-state index in [-0.39, 0.29) is 16.4 Å². The molecular weight excluding hydrogens is 641 g/mol. The van der Waals surface area contributed by atoms with Gasteiger partial charge in [0.05, 0.1) is 0 Å². The molecule has 5 aromatic carbocycles. The molecule has 2 aliphatic carbocycles. The molecule has 0 saturated carbocycles. The number of hydrogen-bond acceptors (Lipinski definition) is 4. The molecule has 0 radical (unpaired) electrons.